The fourth-order valence-electron chi connectivity index (χ4n) is 3.51. The average molecular weight is 391 g/mol. The number of aromatic nitrogens is 2. The first kappa shape index (κ1) is 19.0. The van der Waals surface area contributed by atoms with Crippen molar-refractivity contribution in [2.75, 3.05) is 43.4 Å². The Labute approximate surface area is 169 Å². The molecule has 7 heteroatoms. The monoisotopic (exact) mass is 391 g/mol. The maximum atomic E-state index is 11.8. The minimum absolute atomic E-state index is 0.317. The summed E-state index contributed by atoms with van der Waals surface area (Å²) in [5.41, 5.74) is 11.3. The smallest absolute Gasteiger partial charge is 0.338 e. The number of nitrogen functional groups attached to an aromatic ring is 1. The number of pyridine rings is 1. The predicted octanol–water partition coefficient (Wildman–Crippen LogP) is 2.91. The van der Waals surface area contributed by atoms with Crippen LogP contribution in [0.25, 0.3) is 22.5 Å². The molecule has 29 heavy (non-hydrogen) atoms. The molecule has 0 bridgehead atoms. The second kappa shape index (κ2) is 8.36. The number of nitrogens with two attached hydrogens (primary N) is 1. The molecule has 0 atom stereocenters. The summed E-state index contributed by atoms with van der Waals surface area (Å²) in [5, 5.41) is 3.35. The number of aromatic amines is 1. The Morgan fingerprint density at radius 1 is 1.14 bits per heavy atom. The first-order chi connectivity index (χ1) is 14.2. The van der Waals surface area contributed by atoms with Crippen LogP contribution >= 0.6 is 0 Å². The van der Waals surface area contributed by atoms with Gasteiger partial charge in [-0.2, -0.15) is 0 Å². The Bertz CT molecular complexity index is 991. The molecule has 3 heterocycles. The molecule has 1 aromatic carbocycles. The Morgan fingerprint density at radius 2 is 1.90 bits per heavy atom. The highest BCUT2D eigenvalue weighted by molar-refractivity contribution is 5.90. The molecule has 0 unspecified atom stereocenters. The van der Waals surface area contributed by atoms with Crippen molar-refractivity contribution in [2.24, 2.45) is 0 Å². The summed E-state index contributed by atoms with van der Waals surface area (Å²) >= 11 is 0. The van der Waals surface area contributed by atoms with E-state index in [0.29, 0.717) is 12.2 Å². The zero-order chi connectivity index (χ0) is 20.2. The van der Waals surface area contributed by atoms with Crippen molar-refractivity contribution >= 4 is 17.5 Å². The molecule has 0 saturated carbocycles. The van der Waals surface area contributed by atoms with Gasteiger partial charge < -0.3 is 25.7 Å². The highest BCUT2D eigenvalue weighted by Crippen LogP contribution is 2.31. The number of hydrogen-bond acceptors (Lipinski definition) is 6. The van der Waals surface area contributed by atoms with Crippen molar-refractivity contribution in [3.63, 3.8) is 0 Å². The number of nitrogens with zero attached hydrogens (tertiary/aromatic N) is 2. The highest BCUT2D eigenvalue weighted by Gasteiger charge is 2.17. The molecule has 0 amide bonds. The fraction of sp³-hybridized carbons (Fsp3) is 0.273. The summed E-state index contributed by atoms with van der Waals surface area (Å²) < 4.78 is 5.04. The largest absolute Gasteiger partial charge is 0.462 e. The van der Waals surface area contributed by atoms with Crippen LogP contribution in [0.1, 0.15) is 17.3 Å². The van der Waals surface area contributed by atoms with E-state index in [2.05, 4.69) is 20.2 Å². The molecule has 4 rings (SSSR count). The third-order valence-electron chi connectivity index (χ3n) is 5.02. The third kappa shape index (κ3) is 4.09. The molecule has 0 radical (unpaired) electrons. The normalized spacial score (nSPS) is 14.0. The summed E-state index contributed by atoms with van der Waals surface area (Å²) in [6.45, 7) is 5.92. The van der Waals surface area contributed by atoms with Gasteiger partial charge >= 0.3 is 5.97 Å². The Morgan fingerprint density at radius 3 is 2.62 bits per heavy atom. The summed E-state index contributed by atoms with van der Waals surface area (Å²) in [6, 6.07) is 13.2. The van der Waals surface area contributed by atoms with Gasteiger partial charge in [0, 0.05) is 49.2 Å². The van der Waals surface area contributed by atoms with Crippen LogP contribution in [0.5, 0.6) is 0 Å². The molecule has 1 aliphatic rings. The number of hydrogen-bond donors (Lipinski definition) is 3. The fourth-order valence-corrected chi connectivity index (χ4v) is 3.51. The number of esters is 1. The number of carbonyl (C=O) groups is 1. The SMILES string of the molecule is CCOC(=O)c1ccc(-c2cc(-c3cc(N)c(N4CCNCC4)[nH]3)ccn2)cc1. The average Bonchev–Trinajstić information content (AvgIpc) is 3.16. The second-order valence-electron chi connectivity index (χ2n) is 6.95. The van der Waals surface area contributed by atoms with Crippen LogP contribution in [0.15, 0.2) is 48.7 Å². The van der Waals surface area contributed by atoms with Gasteiger partial charge in [0.15, 0.2) is 0 Å². The summed E-state index contributed by atoms with van der Waals surface area (Å²) in [6.07, 6.45) is 1.78. The summed E-state index contributed by atoms with van der Waals surface area (Å²) in [7, 11) is 0. The minimum atomic E-state index is -0.317. The van der Waals surface area contributed by atoms with Crippen molar-refractivity contribution < 1.29 is 9.53 Å². The predicted molar refractivity (Wildman–Crippen MR) is 115 cm³/mol. The molecule has 0 aliphatic carbocycles. The van der Waals surface area contributed by atoms with Crippen LogP contribution in [0.2, 0.25) is 0 Å². The van der Waals surface area contributed by atoms with Gasteiger partial charge in [-0.25, -0.2) is 4.79 Å². The van der Waals surface area contributed by atoms with Gasteiger partial charge in [-0.05, 0) is 37.3 Å². The van der Waals surface area contributed by atoms with Gasteiger partial charge in [0.1, 0.15) is 5.82 Å². The third-order valence-corrected chi connectivity index (χ3v) is 5.02. The molecule has 7 nitrogen and oxygen atoms in total. The molecule has 3 aromatic rings. The first-order valence-electron chi connectivity index (χ1n) is 9.84. The highest BCUT2D eigenvalue weighted by atomic mass is 16.5. The summed E-state index contributed by atoms with van der Waals surface area (Å²) in [4.78, 5) is 22.1. The lowest BCUT2D eigenvalue weighted by Crippen LogP contribution is -2.43. The maximum Gasteiger partial charge on any atom is 0.338 e. The van der Waals surface area contributed by atoms with E-state index < -0.39 is 0 Å². The van der Waals surface area contributed by atoms with Gasteiger partial charge in [-0.3, -0.25) is 4.98 Å². The van der Waals surface area contributed by atoms with Crippen molar-refractivity contribution in [3.8, 4) is 22.5 Å². The number of nitrogens with one attached hydrogen (secondary N) is 2. The molecular formula is C22H25N5O2. The topological polar surface area (TPSA) is 96.3 Å². The van der Waals surface area contributed by atoms with E-state index in [1.807, 2.05) is 30.3 Å². The van der Waals surface area contributed by atoms with E-state index in [1.54, 1.807) is 25.3 Å². The molecule has 1 fully saturated rings. The number of benzene rings is 1. The van der Waals surface area contributed by atoms with Gasteiger partial charge in [-0.1, -0.05) is 12.1 Å². The van der Waals surface area contributed by atoms with Crippen LogP contribution in [-0.2, 0) is 4.74 Å². The molecular weight excluding hydrogens is 366 g/mol. The summed E-state index contributed by atoms with van der Waals surface area (Å²) in [5.74, 6) is 0.654. The number of anilines is 2. The standard InChI is InChI=1S/C22H25N5O2/c1-2-29-22(28)16-5-3-15(4-6-16)19-13-17(7-8-25-19)20-14-18(23)21(26-20)27-11-9-24-10-12-27/h3-8,13-14,24,26H,2,9-12,23H2,1H3. The lowest BCUT2D eigenvalue weighted by molar-refractivity contribution is 0.0526. The molecule has 150 valence electrons. The van der Waals surface area contributed by atoms with Gasteiger partial charge in [0.05, 0.1) is 23.6 Å². The van der Waals surface area contributed by atoms with E-state index in [0.717, 1.165) is 60.2 Å². The van der Waals surface area contributed by atoms with Crippen molar-refractivity contribution in [1.82, 2.24) is 15.3 Å². The lowest BCUT2D eigenvalue weighted by Gasteiger charge is -2.28. The maximum absolute atomic E-state index is 11.8. The zero-order valence-corrected chi connectivity index (χ0v) is 16.4. The van der Waals surface area contributed by atoms with Crippen LogP contribution in [0.4, 0.5) is 11.5 Å². The number of piperazine rings is 1. The molecule has 1 saturated heterocycles. The van der Waals surface area contributed by atoms with Gasteiger partial charge in [0.2, 0.25) is 0 Å². The number of ether oxygens (including phenoxy) is 1. The van der Waals surface area contributed by atoms with Crippen LogP contribution in [-0.4, -0.2) is 48.7 Å². The van der Waals surface area contributed by atoms with Crippen LogP contribution in [0, 0.1) is 0 Å². The van der Waals surface area contributed by atoms with Crippen molar-refractivity contribution in [2.45, 2.75) is 6.92 Å². The van der Waals surface area contributed by atoms with E-state index in [4.69, 9.17) is 10.5 Å². The zero-order valence-electron chi connectivity index (χ0n) is 16.4. The van der Waals surface area contributed by atoms with Crippen LogP contribution in [0.3, 0.4) is 0 Å². The van der Waals surface area contributed by atoms with E-state index in [-0.39, 0.29) is 5.97 Å². The van der Waals surface area contributed by atoms with E-state index in [9.17, 15) is 4.79 Å². The molecule has 4 N–H and O–H groups in total. The Balaban J connectivity index is 1.58. The number of rotatable bonds is 5. The molecule has 2 aromatic heterocycles. The molecule has 1 aliphatic heterocycles. The van der Waals surface area contributed by atoms with Gasteiger partial charge in [0.25, 0.3) is 0 Å². The quantitative estimate of drug-likeness (QED) is 0.579. The Kier molecular flexibility index (Phi) is 5.48. The van der Waals surface area contributed by atoms with E-state index >= 15 is 0 Å². The van der Waals surface area contributed by atoms with Crippen molar-refractivity contribution in [3.05, 3.63) is 54.2 Å². The van der Waals surface area contributed by atoms with Crippen LogP contribution < -0.4 is 16.0 Å². The molecule has 0 spiro atoms. The lowest BCUT2D eigenvalue weighted by atomic mass is 10.1. The van der Waals surface area contributed by atoms with Gasteiger partial charge in [-0.15, -0.1) is 0 Å². The number of H-pyrrole nitrogens is 1. The van der Waals surface area contributed by atoms with Crippen molar-refractivity contribution in [1.29, 1.82) is 0 Å². The number of carbonyl (C=O) groups excluding carboxylic acids is 1. The first-order valence-corrected chi connectivity index (χ1v) is 9.84. The van der Waals surface area contributed by atoms with E-state index in [1.165, 1.54) is 0 Å². The minimum Gasteiger partial charge on any atom is -0.462 e. The Hall–Kier alpha value is -3.32. The second-order valence-corrected chi connectivity index (χ2v) is 6.95.